The van der Waals surface area contributed by atoms with Gasteiger partial charge in [-0.1, -0.05) is 0 Å². The maximum atomic E-state index is 12.5. The number of fused-ring (bicyclic) bond motifs is 1. The number of rotatable bonds is 3. The number of hydrazine groups is 1. The van der Waals surface area contributed by atoms with E-state index < -0.39 is 10.0 Å². The molecule has 2 amide bonds. The monoisotopic (exact) mass is 338 g/mol. The summed E-state index contributed by atoms with van der Waals surface area (Å²) in [6, 6.07) is 4.49. The molecule has 0 saturated carbocycles. The molecule has 3 N–H and O–H groups in total. The highest BCUT2D eigenvalue weighted by Gasteiger charge is 2.32. The van der Waals surface area contributed by atoms with Crippen LogP contribution in [-0.4, -0.2) is 44.4 Å². The second kappa shape index (κ2) is 5.59. The van der Waals surface area contributed by atoms with Crippen molar-refractivity contribution in [3.05, 3.63) is 23.8 Å². The maximum absolute atomic E-state index is 12.5. The molecule has 0 aliphatic carbocycles. The van der Waals surface area contributed by atoms with Crippen LogP contribution in [0.4, 0.5) is 5.69 Å². The number of anilines is 1. The predicted molar refractivity (Wildman–Crippen MR) is 82.8 cm³/mol. The van der Waals surface area contributed by atoms with Crippen LogP contribution in [0.2, 0.25) is 0 Å². The van der Waals surface area contributed by atoms with Crippen molar-refractivity contribution in [1.29, 1.82) is 0 Å². The molecule has 2 heterocycles. The summed E-state index contributed by atoms with van der Waals surface area (Å²) in [4.78, 5) is 25.5. The molecule has 3 rings (SSSR count). The van der Waals surface area contributed by atoms with E-state index in [0.29, 0.717) is 25.1 Å². The van der Waals surface area contributed by atoms with Crippen molar-refractivity contribution in [2.45, 2.75) is 30.7 Å². The fourth-order valence-electron chi connectivity index (χ4n) is 2.94. The summed E-state index contributed by atoms with van der Waals surface area (Å²) in [5.74, 6) is -0.230. The topological polar surface area (TPSA) is 113 Å². The van der Waals surface area contributed by atoms with E-state index in [0.717, 1.165) is 5.56 Å². The number of nitrogens with zero attached hydrogens (tertiary/aromatic N) is 2. The minimum absolute atomic E-state index is 0.0294. The van der Waals surface area contributed by atoms with Gasteiger partial charge in [0.25, 0.3) is 0 Å². The van der Waals surface area contributed by atoms with Crippen LogP contribution >= 0.6 is 0 Å². The molecule has 2 aliphatic heterocycles. The summed E-state index contributed by atoms with van der Waals surface area (Å²) in [6.45, 7) is 2.45. The van der Waals surface area contributed by atoms with Crippen LogP contribution in [0.25, 0.3) is 0 Å². The van der Waals surface area contributed by atoms with Crippen LogP contribution in [0.15, 0.2) is 23.1 Å². The second-order valence-electron chi connectivity index (χ2n) is 5.85. The number of hydrogen-bond acceptors (Lipinski definition) is 5. The maximum Gasteiger partial charge on any atom is 0.243 e. The van der Waals surface area contributed by atoms with Gasteiger partial charge in [-0.05, 0) is 37.1 Å². The number of carbonyl (C=O) groups is 2. The number of carbonyl (C=O) groups excluding carboxylic acids is 2. The van der Waals surface area contributed by atoms with E-state index >= 15 is 0 Å². The smallest absolute Gasteiger partial charge is 0.243 e. The Morgan fingerprint density at radius 2 is 2.17 bits per heavy atom. The molecule has 1 unspecified atom stereocenters. The van der Waals surface area contributed by atoms with E-state index in [2.05, 4.69) is 5.43 Å². The second-order valence-corrected chi connectivity index (χ2v) is 7.41. The van der Waals surface area contributed by atoms with E-state index in [-0.39, 0.29) is 29.3 Å². The van der Waals surface area contributed by atoms with E-state index in [4.69, 9.17) is 5.14 Å². The number of amides is 2. The molecule has 1 saturated heterocycles. The first-order valence-electron chi connectivity index (χ1n) is 7.28. The zero-order chi connectivity index (χ0) is 16.8. The summed E-state index contributed by atoms with van der Waals surface area (Å²) < 4.78 is 22.8. The van der Waals surface area contributed by atoms with Crippen molar-refractivity contribution in [2.75, 3.05) is 18.0 Å². The standard InChI is InChI=1S/C14H18N4O4S/c1-9-6-13(19)16-18(9)8-14(20)17-5-4-10-7-11(23(15,21)22)2-3-12(10)17/h2-3,7,9H,4-6,8H2,1H3,(H,16,19)(H2,15,21,22). The number of nitrogens with two attached hydrogens (primary N) is 1. The van der Waals surface area contributed by atoms with Gasteiger partial charge in [0.05, 0.1) is 11.4 Å². The van der Waals surface area contributed by atoms with Crippen LogP contribution in [0, 0.1) is 0 Å². The molecular weight excluding hydrogens is 320 g/mol. The lowest BCUT2D eigenvalue weighted by molar-refractivity contribution is -0.123. The molecule has 0 spiro atoms. The van der Waals surface area contributed by atoms with Crippen LogP contribution in [0.3, 0.4) is 0 Å². The van der Waals surface area contributed by atoms with Gasteiger partial charge in [-0.25, -0.2) is 18.6 Å². The van der Waals surface area contributed by atoms with E-state index in [1.54, 1.807) is 16.0 Å². The Labute approximate surface area is 134 Å². The molecule has 2 aliphatic rings. The number of hydrogen-bond donors (Lipinski definition) is 2. The first kappa shape index (κ1) is 15.9. The minimum Gasteiger partial charge on any atom is -0.311 e. The third-order valence-electron chi connectivity index (χ3n) is 4.16. The minimum atomic E-state index is -3.75. The van der Waals surface area contributed by atoms with Crippen LogP contribution < -0.4 is 15.5 Å². The van der Waals surface area contributed by atoms with E-state index in [1.165, 1.54) is 12.1 Å². The average molecular weight is 338 g/mol. The molecule has 1 fully saturated rings. The normalized spacial score (nSPS) is 21.4. The van der Waals surface area contributed by atoms with Crippen molar-refractivity contribution in [3.63, 3.8) is 0 Å². The Balaban J connectivity index is 1.77. The van der Waals surface area contributed by atoms with Crippen molar-refractivity contribution in [3.8, 4) is 0 Å². The fourth-order valence-corrected chi connectivity index (χ4v) is 3.50. The zero-order valence-corrected chi connectivity index (χ0v) is 13.5. The number of nitrogens with one attached hydrogen (secondary N) is 1. The van der Waals surface area contributed by atoms with Gasteiger partial charge in [-0.2, -0.15) is 0 Å². The first-order chi connectivity index (χ1) is 10.8. The summed E-state index contributed by atoms with van der Waals surface area (Å²) in [6.07, 6.45) is 0.952. The highest BCUT2D eigenvalue weighted by atomic mass is 32.2. The Morgan fingerprint density at radius 3 is 2.78 bits per heavy atom. The Morgan fingerprint density at radius 1 is 1.43 bits per heavy atom. The lowest BCUT2D eigenvalue weighted by Gasteiger charge is -2.24. The van der Waals surface area contributed by atoms with Gasteiger partial charge in [0.1, 0.15) is 0 Å². The van der Waals surface area contributed by atoms with Gasteiger partial charge in [0, 0.05) is 24.7 Å². The molecule has 1 aromatic rings. The molecule has 8 nitrogen and oxygen atoms in total. The summed E-state index contributed by atoms with van der Waals surface area (Å²) in [5, 5.41) is 6.75. The summed E-state index contributed by atoms with van der Waals surface area (Å²) >= 11 is 0. The molecule has 23 heavy (non-hydrogen) atoms. The molecule has 124 valence electrons. The Bertz CT molecular complexity index is 777. The molecule has 0 bridgehead atoms. The molecule has 1 aromatic carbocycles. The number of benzene rings is 1. The van der Waals surface area contributed by atoms with Crippen molar-refractivity contribution in [1.82, 2.24) is 10.4 Å². The van der Waals surface area contributed by atoms with Crippen molar-refractivity contribution in [2.24, 2.45) is 5.14 Å². The van der Waals surface area contributed by atoms with Gasteiger partial charge in [-0.3, -0.25) is 15.0 Å². The van der Waals surface area contributed by atoms with Gasteiger partial charge in [0.2, 0.25) is 21.8 Å². The predicted octanol–water partition coefficient (Wildman–Crippen LogP) is -0.651. The van der Waals surface area contributed by atoms with Gasteiger partial charge in [0.15, 0.2) is 0 Å². The molecule has 0 aromatic heterocycles. The highest BCUT2D eigenvalue weighted by molar-refractivity contribution is 7.89. The van der Waals surface area contributed by atoms with Crippen LogP contribution in [-0.2, 0) is 26.0 Å². The summed E-state index contributed by atoms with van der Waals surface area (Å²) in [5.41, 5.74) is 4.14. The van der Waals surface area contributed by atoms with E-state index in [9.17, 15) is 18.0 Å². The summed E-state index contributed by atoms with van der Waals surface area (Å²) in [7, 11) is -3.75. The third-order valence-corrected chi connectivity index (χ3v) is 5.07. The molecular formula is C14H18N4O4S. The van der Waals surface area contributed by atoms with Crippen molar-refractivity contribution >= 4 is 27.5 Å². The van der Waals surface area contributed by atoms with Crippen LogP contribution in [0.1, 0.15) is 18.9 Å². The third kappa shape index (κ3) is 3.07. The van der Waals surface area contributed by atoms with E-state index in [1.807, 2.05) is 6.92 Å². The molecule has 1 atom stereocenters. The number of sulfonamides is 1. The lowest BCUT2D eigenvalue weighted by atomic mass is 10.2. The van der Waals surface area contributed by atoms with Crippen LogP contribution in [0.5, 0.6) is 0 Å². The lowest BCUT2D eigenvalue weighted by Crippen LogP contribution is -2.45. The average Bonchev–Trinajstić information content (AvgIpc) is 3.00. The Kier molecular flexibility index (Phi) is 3.86. The van der Waals surface area contributed by atoms with Gasteiger partial charge >= 0.3 is 0 Å². The highest BCUT2D eigenvalue weighted by Crippen LogP contribution is 2.30. The zero-order valence-electron chi connectivity index (χ0n) is 12.7. The first-order valence-corrected chi connectivity index (χ1v) is 8.82. The fraction of sp³-hybridized carbons (Fsp3) is 0.429. The SMILES string of the molecule is CC1CC(=O)NN1CC(=O)N1CCc2cc(S(N)(=O)=O)ccc21. The van der Waals surface area contributed by atoms with Gasteiger partial charge in [-0.15, -0.1) is 0 Å². The molecule has 9 heteroatoms. The quantitative estimate of drug-likeness (QED) is 0.760. The van der Waals surface area contributed by atoms with Gasteiger partial charge < -0.3 is 4.90 Å². The number of primary sulfonamides is 1. The van der Waals surface area contributed by atoms with Crippen molar-refractivity contribution < 1.29 is 18.0 Å². The Hall–Kier alpha value is -1.97. The molecule has 0 radical (unpaired) electrons. The largest absolute Gasteiger partial charge is 0.311 e.